The Morgan fingerprint density at radius 1 is 1.39 bits per heavy atom. The van der Waals surface area contributed by atoms with Gasteiger partial charge in [0, 0.05) is 6.54 Å². The molecule has 18 heavy (non-hydrogen) atoms. The van der Waals surface area contributed by atoms with Gasteiger partial charge in [-0.25, -0.2) is 9.36 Å². The summed E-state index contributed by atoms with van der Waals surface area (Å²) >= 11 is 5.44. The van der Waals surface area contributed by atoms with Crippen LogP contribution >= 0.6 is 12.2 Å². The average molecular weight is 267 g/mol. The van der Waals surface area contributed by atoms with Crippen molar-refractivity contribution < 1.29 is 4.74 Å². The fourth-order valence-electron chi connectivity index (χ4n) is 2.42. The maximum Gasteiger partial charge on any atom is 0.198 e. The normalized spacial score (nSPS) is 16.7. The Morgan fingerprint density at radius 3 is 2.78 bits per heavy atom. The van der Waals surface area contributed by atoms with Crippen molar-refractivity contribution in [3.8, 4) is 0 Å². The Hall–Kier alpha value is -1.34. The fraction of sp³-hybridized carbons (Fsp3) is 0.636. The van der Waals surface area contributed by atoms with Gasteiger partial charge in [0.15, 0.2) is 10.4 Å². The van der Waals surface area contributed by atoms with E-state index in [0.717, 1.165) is 54.5 Å². The molecular weight excluding hydrogens is 250 g/mol. The summed E-state index contributed by atoms with van der Waals surface area (Å²) in [7, 11) is 0. The third-order valence-electron chi connectivity index (χ3n) is 3.30. The average Bonchev–Trinajstić information content (AvgIpc) is 2.88. The lowest BCUT2D eigenvalue weighted by atomic mass is 10.4. The van der Waals surface area contributed by atoms with E-state index >= 15 is 0 Å². The summed E-state index contributed by atoms with van der Waals surface area (Å²) in [5.74, 6) is 0. The van der Waals surface area contributed by atoms with Gasteiger partial charge in [-0.1, -0.05) is 0 Å². The van der Waals surface area contributed by atoms with Crippen LogP contribution in [0.15, 0.2) is 0 Å². The van der Waals surface area contributed by atoms with E-state index in [0.29, 0.717) is 0 Å². The standard InChI is InChI=1S/C11H17N5OS/c1-3-15-10-9(8(2)13-15)12-11(18)16(10)14-4-6-17-7-5-14/h3-7H2,1-2H3,(H,12,18). The first-order chi connectivity index (χ1) is 8.72. The molecule has 1 aliphatic heterocycles. The van der Waals surface area contributed by atoms with E-state index < -0.39 is 0 Å². The number of H-pyrrole nitrogens is 1. The molecule has 1 saturated heterocycles. The molecule has 0 unspecified atom stereocenters. The lowest BCUT2D eigenvalue weighted by Gasteiger charge is -2.29. The summed E-state index contributed by atoms with van der Waals surface area (Å²) in [6.45, 7) is 8.13. The van der Waals surface area contributed by atoms with E-state index in [1.807, 2.05) is 11.6 Å². The SMILES string of the molecule is CCn1nc(C)c2[nH]c(=S)n(N3CCOCC3)c21. The number of aryl methyl sites for hydroxylation is 2. The summed E-state index contributed by atoms with van der Waals surface area (Å²) in [5.41, 5.74) is 3.08. The quantitative estimate of drug-likeness (QED) is 0.831. The molecule has 2 aromatic rings. The highest BCUT2D eigenvalue weighted by molar-refractivity contribution is 7.71. The molecule has 6 nitrogen and oxygen atoms in total. The largest absolute Gasteiger partial charge is 0.378 e. The summed E-state index contributed by atoms with van der Waals surface area (Å²) < 4.78 is 10.2. The van der Waals surface area contributed by atoms with E-state index in [2.05, 4.69) is 26.7 Å². The van der Waals surface area contributed by atoms with Crippen LogP contribution in [-0.2, 0) is 11.3 Å². The third kappa shape index (κ3) is 1.65. The van der Waals surface area contributed by atoms with Crippen molar-refractivity contribution in [1.29, 1.82) is 0 Å². The molecule has 0 radical (unpaired) electrons. The highest BCUT2D eigenvalue weighted by Crippen LogP contribution is 2.18. The summed E-state index contributed by atoms with van der Waals surface area (Å²) in [4.78, 5) is 3.26. The zero-order chi connectivity index (χ0) is 12.7. The summed E-state index contributed by atoms with van der Waals surface area (Å²) in [5, 5.41) is 6.75. The predicted octanol–water partition coefficient (Wildman–Crippen LogP) is 1.19. The van der Waals surface area contributed by atoms with Crippen LogP contribution in [0.25, 0.3) is 11.2 Å². The van der Waals surface area contributed by atoms with Gasteiger partial charge >= 0.3 is 0 Å². The van der Waals surface area contributed by atoms with Crippen molar-refractivity contribution in [2.75, 3.05) is 31.3 Å². The molecule has 98 valence electrons. The maximum absolute atomic E-state index is 5.44. The molecule has 0 spiro atoms. The number of hydrogen-bond acceptors (Lipinski definition) is 4. The number of hydrogen-bond donors (Lipinski definition) is 1. The van der Waals surface area contributed by atoms with Crippen molar-refractivity contribution in [2.24, 2.45) is 0 Å². The van der Waals surface area contributed by atoms with Crippen LogP contribution in [0, 0.1) is 11.7 Å². The molecule has 3 heterocycles. The summed E-state index contributed by atoms with van der Waals surface area (Å²) in [6.07, 6.45) is 0. The van der Waals surface area contributed by atoms with Gasteiger partial charge in [0.1, 0.15) is 5.52 Å². The number of nitrogens with zero attached hydrogens (tertiary/aromatic N) is 4. The van der Waals surface area contributed by atoms with E-state index in [1.165, 1.54) is 0 Å². The molecule has 1 N–H and O–H groups in total. The Kier molecular flexibility index (Phi) is 2.87. The van der Waals surface area contributed by atoms with E-state index in [1.54, 1.807) is 0 Å². The fourth-order valence-corrected chi connectivity index (χ4v) is 2.73. The lowest BCUT2D eigenvalue weighted by molar-refractivity contribution is 0.111. The van der Waals surface area contributed by atoms with Gasteiger partial charge in [0.05, 0.1) is 32.0 Å². The van der Waals surface area contributed by atoms with E-state index in [-0.39, 0.29) is 0 Å². The second-order valence-corrected chi connectivity index (χ2v) is 4.79. The Balaban J connectivity index is 2.20. The zero-order valence-corrected chi connectivity index (χ0v) is 11.5. The van der Waals surface area contributed by atoms with E-state index in [4.69, 9.17) is 17.0 Å². The van der Waals surface area contributed by atoms with Gasteiger partial charge in [-0.05, 0) is 26.1 Å². The van der Waals surface area contributed by atoms with Crippen LogP contribution in [-0.4, -0.2) is 45.7 Å². The van der Waals surface area contributed by atoms with Crippen molar-refractivity contribution in [2.45, 2.75) is 20.4 Å². The van der Waals surface area contributed by atoms with Gasteiger partial charge in [0.25, 0.3) is 0 Å². The molecule has 1 fully saturated rings. The number of fused-ring (bicyclic) bond motifs is 1. The first kappa shape index (κ1) is 11.7. The molecule has 0 atom stereocenters. The van der Waals surface area contributed by atoms with Gasteiger partial charge in [0.2, 0.25) is 0 Å². The third-order valence-corrected chi connectivity index (χ3v) is 3.57. The lowest BCUT2D eigenvalue weighted by Crippen LogP contribution is -2.44. The van der Waals surface area contributed by atoms with Crippen LogP contribution in [0.3, 0.4) is 0 Å². The molecule has 0 saturated carbocycles. The molecule has 0 bridgehead atoms. The van der Waals surface area contributed by atoms with Gasteiger partial charge in [-0.2, -0.15) is 5.10 Å². The number of nitrogens with one attached hydrogen (secondary N) is 1. The number of rotatable bonds is 2. The minimum absolute atomic E-state index is 0.731. The first-order valence-corrected chi connectivity index (χ1v) is 6.64. The molecular formula is C11H17N5OS. The second-order valence-electron chi connectivity index (χ2n) is 4.41. The van der Waals surface area contributed by atoms with Gasteiger partial charge in [-0.15, -0.1) is 0 Å². The van der Waals surface area contributed by atoms with Crippen molar-refractivity contribution in [3.63, 3.8) is 0 Å². The van der Waals surface area contributed by atoms with Crippen LogP contribution in [0.2, 0.25) is 0 Å². The Labute approximate surface area is 110 Å². The van der Waals surface area contributed by atoms with Crippen LogP contribution in [0.5, 0.6) is 0 Å². The molecule has 3 rings (SSSR count). The number of morpholine rings is 1. The molecule has 0 amide bonds. The zero-order valence-electron chi connectivity index (χ0n) is 10.6. The number of imidazole rings is 1. The van der Waals surface area contributed by atoms with Crippen molar-refractivity contribution in [1.82, 2.24) is 19.4 Å². The van der Waals surface area contributed by atoms with E-state index in [9.17, 15) is 0 Å². The van der Waals surface area contributed by atoms with Crippen LogP contribution in [0.1, 0.15) is 12.6 Å². The monoisotopic (exact) mass is 267 g/mol. The minimum Gasteiger partial charge on any atom is -0.378 e. The van der Waals surface area contributed by atoms with Crippen LogP contribution in [0.4, 0.5) is 0 Å². The topological polar surface area (TPSA) is 51.0 Å². The summed E-state index contributed by atoms with van der Waals surface area (Å²) in [6, 6.07) is 0. The molecule has 2 aromatic heterocycles. The van der Waals surface area contributed by atoms with Crippen molar-refractivity contribution >= 4 is 23.4 Å². The number of aromatic nitrogens is 4. The first-order valence-electron chi connectivity index (χ1n) is 6.23. The Bertz CT molecular complexity index is 619. The second kappa shape index (κ2) is 4.40. The minimum atomic E-state index is 0.731. The molecule has 1 aliphatic rings. The van der Waals surface area contributed by atoms with Gasteiger partial charge in [-0.3, -0.25) is 0 Å². The smallest absolute Gasteiger partial charge is 0.198 e. The molecule has 7 heteroatoms. The maximum atomic E-state index is 5.44. The van der Waals surface area contributed by atoms with Gasteiger partial charge < -0.3 is 14.7 Å². The number of ether oxygens (including phenoxy) is 1. The van der Waals surface area contributed by atoms with Crippen LogP contribution < -0.4 is 5.01 Å². The Morgan fingerprint density at radius 2 is 2.11 bits per heavy atom. The van der Waals surface area contributed by atoms with Crippen molar-refractivity contribution in [3.05, 3.63) is 10.5 Å². The molecule has 0 aromatic carbocycles. The highest BCUT2D eigenvalue weighted by atomic mass is 32.1. The number of aromatic amines is 1. The highest BCUT2D eigenvalue weighted by Gasteiger charge is 2.19. The predicted molar refractivity (Wildman–Crippen MR) is 72.1 cm³/mol. The molecule has 0 aliphatic carbocycles.